The van der Waals surface area contributed by atoms with Gasteiger partial charge in [0.2, 0.25) is 0 Å². The van der Waals surface area contributed by atoms with Crippen LogP contribution < -0.4 is 0 Å². The number of aryl methyl sites for hydroxylation is 2. The number of halogens is 2. The Balaban J connectivity index is 0.00000201. The number of hydrogen-bond acceptors (Lipinski definition) is 0. The molecule has 2 aliphatic rings. The van der Waals surface area contributed by atoms with E-state index in [9.17, 15) is 0 Å². The average Bonchev–Trinajstić information content (AvgIpc) is 3.68. The van der Waals surface area contributed by atoms with E-state index in [0.29, 0.717) is 7.25 Å². The van der Waals surface area contributed by atoms with Crippen molar-refractivity contribution in [1.29, 1.82) is 0 Å². The monoisotopic (exact) mass is 770 g/mol. The molecule has 8 rings (SSSR count). The first kappa shape index (κ1) is 35.5. The average molecular weight is 773 g/mol. The number of aromatic nitrogens is 2. The van der Waals surface area contributed by atoms with E-state index in [2.05, 4.69) is 166 Å². The Morgan fingerprint density at radius 1 is 0.562 bits per heavy atom. The van der Waals surface area contributed by atoms with Gasteiger partial charge in [-0.3, -0.25) is 0 Å². The van der Waals surface area contributed by atoms with Gasteiger partial charge in [-0.1, -0.05) is 0 Å². The quantitative estimate of drug-likeness (QED) is 0.155. The Labute approximate surface area is 301 Å². The molecule has 0 fully saturated rings. The number of fused-ring (bicyclic) bond motifs is 10. The predicted octanol–water partition coefficient (Wildman–Crippen LogP) is 11.3. The van der Waals surface area contributed by atoms with Crippen molar-refractivity contribution in [3.05, 3.63) is 119 Å². The molecule has 2 aliphatic carbocycles. The topological polar surface area (TPSA) is 9.86 Å². The zero-order chi connectivity index (χ0) is 32.7. The van der Waals surface area contributed by atoms with Crippen molar-refractivity contribution in [3.63, 3.8) is 0 Å². The molecule has 0 aliphatic heterocycles. The van der Waals surface area contributed by atoms with Crippen LogP contribution in [0.1, 0.15) is 82.4 Å². The zero-order valence-corrected chi connectivity index (χ0v) is 35.7. The summed E-state index contributed by atoms with van der Waals surface area (Å²) in [6.45, 7) is 16.5. The molecular formula is C42H50Cl2N2SiZr. The van der Waals surface area contributed by atoms with Crippen LogP contribution in [-0.2, 0) is 42.3 Å². The molecular weight excluding hydrogens is 723 g/mol. The van der Waals surface area contributed by atoms with Crippen molar-refractivity contribution in [2.45, 2.75) is 68.9 Å². The van der Waals surface area contributed by atoms with Gasteiger partial charge in [-0.15, -0.1) is 24.8 Å². The van der Waals surface area contributed by atoms with Crippen LogP contribution in [-0.4, -0.2) is 16.0 Å². The van der Waals surface area contributed by atoms with E-state index in [0.717, 1.165) is 0 Å². The van der Waals surface area contributed by atoms with Crippen molar-refractivity contribution >= 4 is 53.5 Å². The molecule has 6 heteroatoms. The summed E-state index contributed by atoms with van der Waals surface area (Å²) in [5.41, 5.74) is 17.8. The molecule has 0 bridgehead atoms. The molecule has 2 nitrogen and oxygen atoms in total. The van der Waals surface area contributed by atoms with Gasteiger partial charge < -0.3 is 0 Å². The van der Waals surface area contributed by atoms with Crippen LogP contribution in [0.25, 0.3) is 44.1 Å². The molecule has 0 radical (unpaired) electrons. The third-order valence-electron chi connectivity index (χ3n) is 11.7. The number of nitrogens with zero attached hydrogens (tertiary/aromatic N) is 2. The normalized spacial score (nSPS) is 17.1. The molecule has 2 aromatic heterocycles. The molecule has 0 saturated heterocycles. The molecule has 250 valence electrons. The molecule has 6 aromatic rings. The van der Waals surface area contributed by atoms with Gasteiger partial charge in [0.15, 0.2) is 0 Å². The molecule has 2 heterocycles. The van der Waals surface area contributed by atoms with Crippen LogP contribution in [0.15, 0.2) is 84.9 Å². The number of hydrogen-bond donors (Lipinski definition) is 0. The zero-order valence-electron chi connectivity index (χ0n) is 30.2. The van der Waals surface area contributed by atoms with Gasteiger partial charge in [0, 0.05) is 0 Å². The molecule has 0 spiro atoms. The standard InChI is InChI=1S/2C20H20N.2CH3.2ClH.H2Si.Zr/c2*1-20(2,3)14-9-10-17-16(12-14)19-15-8-6-5-7-13(15)11-18(19)21(17)4;;;;;;/h2*5-12H,1-4H3;2*1H3;2*1H;1H2;. The molecule has 2 atom stereocenters. The maximum atomic E-state index is 2.78. The second kappa shape index (κ2) is 11.1. The molecule has 0 N–H and O–H groups in total. The number of rotatable bonds is 2. The predicted molar refractivity (Wildman–Crippen MR) is 213 cm³/mol. The number of benzene rings is 4. The van der Waals surface area contributed by atoms with Gasteiger partial charge in [0.25, 0.3) is 0 Å². The van der Waals surface area contributed by atoms with E-state index in [1.54, 1.807) is 22.5 Å². The summed E-state index contributed by atoms with van der Waals surface area (Å²) in [7, 11) is 4.67. The van der Waals surface area contributed by atoms with Crippen molar-refractivity contribution < 1.29 is 17.4 Å². The minimum atomic E-state index is -3.92. The van der Waals surface area contributed by atoms with Crippen LogP contribution >= 0.6 is 24.8 Å². The summed E-state index contributed by atoms with van der Waals surface area (Å²) in [5, 5.41) is 2.83. The van der Waals surface area contributed by atoms with Gasteiger partial charge in [-0.05, 0) is 0 Å². The first-order valence-electron chi connectivity index (χ1n) is 17.0. The fraction of sp³-hybridized carbons (Fsp3) is 0.333. The van der Waals surface area contributed by atoms with Crippen LogP contribution in [0.5, 0.6) is 0 Å². The van der Waals surface area contributed by atoms with Gasteiger partial charge in [0.05, 0.1) is 0 Å². The van der Waals surface area contributed by atoms with Gasteiger partial charge in [0.1, 0.15) is 0 Å². The summed E-state index contributed by atoms with van der Waals surface area (Å²) in [6.07, 6.45) is 0. The summed E-state index contributed by atoms with van der Waals surface area (Å²) in [5.74, 6) is 0. The van der Waals surface area contributed by atoms with E-state index in [4.69, 9.17) is 0 Å². The van der Waals surface area contributed by atoms with Gasteiger partial charge >= 0.3 is 279 Å². The Bertz CT molecular complexity index is 2200. The van der Waals surface area contributed by atoms with Crippen LogP contribution in [0.2, 0.25) is 9.26 Å². The third-order valence-corrected chi connectivity index (χ3v) is 28.8. The first-order valence-corrected chi connectivity index (χ1v) is 30.7. The van der Waals surface area contributed by atoms with E-state index < -0.39 is 17.4 Å². The van der Waals surface area contributed by atoms with Crippen LogP contribution in [0.4, 0.5) is 0 Å². The molecule has 2 unspecified atom stereocenters. The molecule has 0 saturated carbocycles. The van der Waals surface area contributed by atoms with Crippen molar-refractivity contribution in [2.24, 2.45) is 14.1 Å². The van der Waals surface area contributed by atoms with Gasteiger partial charge in [-0.25, -0.2) is 0 Å². The van der Waals surface area contributed by atoms with E-state index in [-0.39, 0.29) is 35.6 Å². The van der Waals surface area contributed by atoms with E-state index >= 15 is 0 Å². The molecule has 48 heavy (non-hydrogen) atoms. The fourth-order valence-corrected chi connectivity index (χ4v) is 27.5. The van der Waals surface area contributed by atoms with Crippen LogP contribution in [0.3, 0.4) is 0 Å². The summed E-state index contributed by atoms with van der Waals surface area (Å²) in [4.78, 5) is 0. The van der Waals surface area contributed by atoms with E-state index in [1.807, 2.05) is 0 Å². The minimum absolute atomic E-state index is 0. The second-order valence-electron chi connectivity index (χ2n) is 17.6. The van der Waals surface area contributed by atoms with Crippen molar-refractivity contribution in [2.75, 3.05) is 0 Å². The Kier molecular flexibility index (Phi) is 8.18. The second-order valence-corrected chi connectivity index (χ2v) is 48.1. The van der Waals surface area contributed by atoms with Crippen molar-refractivity contribution in [1.82, 2.24) is 9.13 Å². The van der Waals surface area contributed by atoms with E-state index in [1.165, 1.54) is 55.2 Å². The maximum absolute atomic E-state index is 3.92. The Morgan fingerprint density at radius 2 is 0.917 bits per heavy atom. The summed E-state index contributed by atoms with van der Waals surface area (Å²) < 4.78 is 11.5. The fourth-order valence-electron chi connectivity index (χ4n) is 9.44. The summed E-state index contributed by atoms with van der Waals surface area (Å²) >= 11 is -3.92. The first-order chi connectivity index (χ1) is 21.5. The molecule has 4 aromatic carbocycles. The van der Waals surface area contributed by atoms with Gasteiger partial charge in [-0.2, -0.15) is 0 Å². The Hall–Kier alpha value is -2.36. The van der Waals surface area contributed by atoms with Crippen LogP contribution in [0, 0.1) is 0 Å². The SMILES string of the molecule is Cl.Cl.Cn1c2c(c3cc(C(C)(C)C)ccc31)-c1ccccc1[CH]2[Zr]([CH3])([CH3])(=[SiH2])[CH]1c2ccccc2-c2c1n(C)c1ccc(C(C)(C)C)cc21. The summed E-state index contributed by atoms with van der Waals surface area (Å²) in [6, 6.07) is 33.3. The van der Waals surface area contributed by atoms with Crippen molar-refractivity contribution in [3.8, 4) is 22.3 Å². The Morgan fingerprint density at radius 3 is 1.27 bits per heavy atom. The third kappa shape index (κ3) is 4.72. The molecule has 0 amide bonds.